The Labute approximate surface area is 83.4 Å². The second kappa shape index (κ2) is 3.68. The van der Waals surface area contributed by atoms with E-state index in [4.69, 9.17) is 0 Å². The second-order valence-electron chi connectivity index (χ2n) is 2.79. The van der Waals surface area contributed by atoms with E-state index in [2.05, 4.69) is 9.97 Å². The number of aromatic nitrogens is 2. The first-order valence-corrected chi connectivity index (χ1v) is 4.01. The molecule has 1 aromatic heterocycles. The van der Waals surface area contributed by atoms with E-state index in [-0.39, 0.29) is 11.4 Å². The summed E-state index contributed by atoms with van der Waals surface area (Å²) in [6.45, 7) is 0. The van der Waals surface area contributed by atoms with Gasteiger partial charge in [0.1, 0.15) is 11.6 Å². The highest BCUT2D eigenvalue weighted by Crippen LogP contribution is 2.16. The zero-order chi connectivity index (χ0) is 10.8. The summed E-state index contributed by atoms with van der Waals surface area (Å²) >= 11 is 0. The zero-order valence-electron chi connectivity index (χ0n) is 7.34. The van der Waals surface area contributed by atoms with Gasteiger partial charge in [0.25, 0.3) is 0 Å². The molecule has 2 rings (SSSR count). The predicted molar refractivity (Wildman–Crippen MR) is 46.2 cm³/mol. The standard InChI is InChI=1S/C10H4F3N2/c11-7-1-6(2-8(12)3-7)10-14-4-9(13)5-15-10/h1-2,4-5H. The van der Waals surface area contributed by atoms with Crippen LogP contribution in [0.25, 0.3) is 11.4 Å². The fourth-order valence-electron chi connectivity index (χ4n) is 1.09. The van der Waals surface area contributed by atoms with Crippen molar-refractivity contribution in [3.05, 3.63) is 48.0 Å². The maximum Gasteiger partial charge on any atom is 0.159 e. The summed E-state index contributed by atoms with van der Waals surface area (Å²) < 4.78 is 38.0. The minimum absolute atomic E-state index is 0.0585. The minimum Gasteiger partial charge on any atom is -0.233 e. The molecular weight excluding hydrogens is 205 g/mol. The first-order chi connectivity index (χ1) is 7.15. The molecule has 1 aromatic carbocycles. The molecule has 75 valence electrons. The van der Waals surface area contributed by atoms with Gasteiger partial charge in [-0.25, -0.2) is 23.1 Å². The highest BCUT2D eigenvalue weighted by Gasteiger charge is 2.05. The molecule has 15 heavy (non-hydrogen) atoms. The van der Waals surface area contributed by atoms with Crippen LogP contribution in [-0.2, 0) is 0 Å². The molecule has 0 aliphatic heterocycles. The van der Waals surface area contributed by atoms with Crippen molar-refractivity contribution in [1.82, 2.24) is 9.97 Å². The number of rotatable bonds is 1. The Morgan fingerprint density at radius 3 is 2.00 bits per heavy atom. The van der Waals surface area contributed by atoms with Gasteiger partial charge in [-0.3, -0.25) is 0 Å². The van der Waals surface area contributed by atoms with Crippen LogP contribution in [0.2, 0.25) is 0 Å². The van der Waals surface area contributed by atoms with Gasteiger partial charge >= 0.3 is 0 Å². The summed E-state index contributed by atoms with van der Waals surface area (Å²) in [5.41, 5.74) is 0.142. The van der Waals surface area contributed by atoms with Gasteiger partial charge < -0.3 is 0 Å². The van der Waals surface area contributed by atoms with Crippen molar-refractivity contribution in [1.29, 1.82) is 0 Å². The van der Waals surface area contributed by atoms with Crippen molar-refractivity contribution in [2.75, 3.05) is 0 Å². The first kappa shape index (κ1) is 9.64. The Balaban J connectivity index is 2.49. The lowest BCUT2D eigenvalue weighted by atomic mass is 10.2. The lowest BCUT2D eigenvalue weighted by molar-refractivity contribution is 0.580. The minimum atomic E-state index is -0.849. The molecule has 5 heteroatoms. The third-order valence-electron chi connectivity index (χ3n) is 1.68. The summed E-state index contributed by atoms with van der Waals surface area (Å²) in [5, 5.41) is 0. The van der Waals surface area contributed by atoms with Crippen molar-refractivity contribution in [3.8, 4) is 11.4 Å². The van der Waals surface area contributed by atoms with Gasteiger partial charge in [0.05, 0.1) is 18.5 Å². The SMILES string of the molecule is Fc1[c]c(F)cc(-c2ncc(F)cn2)c1. The predicted octanol–water partition coefficient (Wildman–Crippen LogP) is 2.36. The van der Waals surface area contributed by atoms with Crippen LogP contribution in [0.5, 0.6) is 0 Å². The highest BCUT2D eigenvalue weighted by molar-refractivity contribution is 5.54. The molecule has 0 saturated heterocycles. The molecule has 0 amide bonds. The fourth-order valence-corrected chi connectivity index (χ4v) is 1.09. The first-order valence-electron chi connectivity index (χ1n) is 4.01. The molecule has 2 aromatic rings. The Morgan fingerprint density at radius 2 is 1.47 bits per heavy atom. The van der Waals surface area contributed by atoms with Gasteiger partial charge in [0.15, 0.2) is 11.6 Å². The summed E-state index contributed by atoms with van der Waals surface area (Å²) in [6.07, 6.45) is 1.85. The molecule has 0 aliphatic carbocycles. The van der Waals surface area contributed by atoms with Gasteiger partial charge in [-0.05, 0) is 12.1 Å². The third-order valence-corrected chi connectivity index (χ3v) is 1.68. The van der Waals surface area contributed by atoms with E-state index < -0.39 is 17.5 Å². The summed E-state index contributed by atoms with van der Waals surface area (Å²) in [6, 6.07) is 3.88. The van der Waals surface area contributed by atoms with Crippen molar-refractivity contribution in [2.24, 2.45) is 0 Å². The molecule has 0 atom stereocenters. The van der Waals surface area contributed by atoms with E-state index in [1.807, 2.05) is 6.07 Å². The lowest BCUT2D eigenvalue weighted by Gasteiger charge is -1.99. The molecule has 1 heterocycles. The summed E-state index contributed by atoms with van der Waals surface area (Å²) in [5.74, 6) is -2.25. The van der Waals surface area contributed by atoms with E-state index in [1.165, 1.54) is 0 Å². The van der Waals surface area contributed by atoms with Gasteiger partial charge in [0, 0.05) is 5.56 Å². The average Bonchev–Trinajstić information content (AvgIpc) is 2.17. The number of nitrogens with zero attached hydrogens (tertiary/aromatic N) is 2. The van der Waals surface area contributed by atoms with E-state index in [0.29, 0.717) is 0 Å². The zero-order valence-corrected chi connectivity index (χ0v) is 7.34. The molecule has 0 saturated carbocycles. The van der Waals surface area contributed by atoms with Crippen molar-refractivity contribution in [2.45, 2.75) is 0 Å². The Morgan fingerprint density at radius 1 is 0.933 bits per heavy atom. The monoisotopic (exact) mass is 209 g/mol. The van der Waals surface area contributed by atoms with Crippen LogP contribution in [0.15, 0.2) is 24.5 Å². The van der Waals surface area contributed by atoms with E-state index in [0.717, 1.165) is 24.5 Å². The van der Waals surface area contributed by atoms with E-state index in [9.17, 15) is 13.2 Å². The molecule has 0 bridgehead atoms. The molecule has 0 aliphatic rings. The molecular formula is C10H4F3N2. The molecule has 0 fully saturated rings. The van der Waals surface area contributed by atoms with Crippen LogP contribution in [0, 0.1) is 23.5 Å². The van der Waals surface area contributed by atoms with Gasteiger partial charge in [-0.15, -0.1) is 0 Å². The van der Waals surface area contributed by atoms with Crippen LogP contribution in [0.3, 0.4) is 0 Å². The van der Waals surface area contributed by atoms with Crippen LogP contribution >= 0.6 is 0 Å². The maximum absolute atomic E-state index is 12.8. The molecule has 2 nitrogen and oxygen atoms in total. The smallest absolute Gasteiger partial charge is 0.159 e. The van der Waals surface area contributed by atoms with Gasteiger partial charge in [0.2, 0.25) is 0 Å². The topological polar surface area (TPSA) is 25.8 Å². The maximum atomic E-state index is 12.8. The number of hydrogen-bond acceptors (Lipinski definition) is 2. The second-order valence-corrected chi connectivity index (χ2v) is 2.79. The Bertz CT molecular complexity index is 462. The highest BCUT2D eigenvalue weighted by atomic mass is 19.1. The van der Waals surface area contributed by atoms with E-state index in [1.54, 1.807) is 0 Å². The summed E-state index contributed by atoms with van der Waals surface area (Å²) in [7, 11) is 0. The summed E-state index contributed by atoms with van der Waals surface area (Å²) in [4.78, 5) is 7.19. The number of hydrogen-bond donors (Lipinski definition) is 0. The number of benzene rings is 1. The average molecular weight is 209 g/mol. The van der Waals surface area contributed by atoms with E-state index >= 15 is 0 Å². The molecule has 0 N–H and O–H groups in total. The van der Waals surface area contributed by atoms with Crippen LogP contribution in [0.4, 0.5) is 13.2 Å². The van der Waals surface area contributed by atoms with Crippen LogP contribution in [0.1, 0.15) is 0 Å². The van der Waals surface area contributed by atoms with Crippen LogP contribution < -0.4 is 0 Å². The Kier molecular flexibility index (Phi) is 2.37. The van der Waals surface area contributed by atoms with Crippen molar-refractivity contribution in [3.63, 3.8) is 0 Å². The third kappa shape index (κ3) is 2.12. The molecule has 1 radical (unpaired) electrons. The largest absolute Gasteiger partial charge is 0.233 e. The lowest BCUT2D eigenvalue weighted by Crippen LogP contribution is -1.91. The quantitative estimate of drug-likeness (QED) is 0.720. The van der Waals surface area contributed by atoms with Crippen molar-refractivity contribution < 1.29 is 13.2 Å². The normalized spacial score (nSPS) is 10.3. The van der Waals surface area contributed by atoms with Crippen LogP contribution in [-0.4, -0.2) is 9.97 Å². The van der Waals surface area contributed by atoms with Gasteiger partial charge in [-0.2, -0.15) is 0 Å². The molecule has 0 spiro atoms. The van der Waals surface area contributed by atoms with Crippen molar-refractivity contribution >= 4 is 0 Å². The fraction of sp³-hybridized carbons (Fsp3) is 0. The molecule has 0 unspecified atom stereocenters. The Hall–Kier alpha value is -1.91. The number of halogens is 3. The van der Waals surface area contributed by atoms with Gasteiger partial charge in [-0.1, -0.05) is 0 Å².